The van der Waals surface area contributed by atoms with Crippen LogP contribution in [0, 0.1) is 0 Å². The zero-order valence-corrected chi connectivity index (χ0v) is 7.36. The van der Waals surface area contributed by atoms with Gasteiger partial charge in [0.15, 0.2) is 0 Å². The molecule has 1 heterocycles. The van der Waals surface area contributed by atoms with Crippen LogP contribution in [0.2, 0.25) is 0 Å². The van der Waals surface area contributed by atoms with Crippen molar-refractivity contribution >= 4 is 11.6 Å². The molecule has 1 aliphatic heterocycles. The van der Waals surface area contributed by atoms with Crippen LogP contribution in [-0.4, -0.2) is 12.5 Å². The molecule has 1 aromatic rings. The lowest BCUT2D eigenvalue weighted by atomic mass is 10.0. The quantitative estimate of drug-likeness (QED) is 0.603. The van der Waals surface area contributed by atoms with Gasteiger partial charge in [-0.1, -0.05) is 18.2 Å². The van der Waals surface area contributed by atoms with Crippen molar-refractivity contribution in [3.05, 3.63) is 36.0 Å². The second-order valence-corrected chi connectivity index (χ2v) is 3.17. The van der Waals surface area contributed by atoms with E-state index in [1.165, 1.54) is 11.8 Å². The third-order valence-corrected chi connectivity index (χ3v) is 2.35. The van der Waals surface area contributed by atoms with Crippen LogP contribution in [0.3, 0.4) is 0 Å². The summed E-state index contributed by atoms with van der Waals surface area (Å²) in [5, 5.41) is 0. The first-order chi connectivity index (χ1) is 6.42. The van der Waals surface area contributed by atoms with Crippen LogP contribution in [-0.2, 0) is 11.2 Å². The van der Waals surface area contributed by atoms with Gasteiger partial charge in [-0.15, -0.1) is 0 Å². The van der Waals surface area contributed by atoms with E-state index in [4.69, 9.17) is 0 Å². The Morgan fingerprint density at radius 3 is 3.08 bits per heavy atom. The summed E-state index contributed by atoms with van der Waals surface area (Å²) in [5.41, 5.74) is 2.47. The second kappa shape index (κ2) is 3.46. The number of anilines is 1. The number of benzene rings is 1. The van der Waals surface area contributed by atoms with Crippen LogP contribution in [0.15, 0.2) is 30.5 Å². The van der Waals surface area contributed by atoms with Crippen molar-refractivity contribution < 1.29 is 4.79 Å². The van der Waals surface area contributed by atoms with Crippen molar-refractivity contribution in [3.63, 3.8) is 0 Å². The Bertz CT molecular complexity index is 353. The number of hydrogen-bond donors (Lipinski definition) is 0. The maximum absolute atomic E-state index is 10.3. The van der Waals surface area contributed by atoms with E-state index in [0.717, 1.165) is 25.1 Å². The SMILES string of the molecule is O=C=CN1CCCc2ccccc21. The minimum Gasteiger partial charge on any atom is -0.338 e. The molecule has 13 heavy (non-hydrogen) atoms. The van der Waals surface area contributed by atoms with E-state index < -0.39 is 0 Å². The Labute approximate surface area is 77.5 Å². The van der Waals surface area contributed by atoms with E-state index in [2.05, 4.69) is 6.07 Å². The van der Waals surface area contributed by atoms with E-state index >= 15 is 0 Å². The van der Waals surface area contributed by atoms with Gasteiger partial charge >= 0.3 is 0 Å². The van der Waals surface area contributed by atoms with Crippen LogP contribution in [0.1, 0.15) is 12.0 Å². The van der Waals surface area contributed by atoms with Crippen molar-refractivity contribution in [3.8, 4) is 0 Å². The molecule has 2 heteroatoms. The van der Waals surface area contributed by atoms with Gasteiger partial charge in [0.1, 0.15) is 5.94 Å². The van der Waals surface area contributed by atoms with Crippen LogP contribution in [0.25, 0.3) is 0 Å². The molecule has 0 radical (unpaired) electrons. The van der Waals surface area contributed by atoms with Crippen LogP contribution in [0.5, 0.6) is 0 Å². The molecule has 1 aliphatic rings. The van der Waals surface area contributed by atoms with Gasteiger partial charge in [-0.05, 0) is 24.5 Å². The maximum atomic E-state index is 10.3. The summed E-state index contributed by atoms with van der Waals surface area (Å²) in [4.78, 5) is 12.2. The highest BCUT2D eigenvalue weighted by atomic mass is 16.1. The standard InChI is InChI=1S/C11H11NO/c13-9-8-12-7-3-5-10-4-1-2-6-11(10)12/h1-2,4,6,8H,3,5,7H2. The Morgan fingerprint density at radius 1 is 1.38 bits per heavy atom. The number of nitrogens with zero attached hydrogens (tertiary/aromatic N) is 1. The van der Waals surface area contributed by atoms with Gasteiger partial charge in [0.25, 0.3) is 0 Å². The van der Waals surface area contributed by atoms with E-state index in [0.29, 0.717) is 0 Å². The summed E-state index contributed by atoms with van der Waals surface area (Å²) >= 11 is 0. The summed E-state index contributed by atoms with van der Waals surface area (Å²) in [6.07, 6.45) is 3.70. The number of rotatable bonds is 1. The van der Waals surface area contributed by atoms with Crippen LogP contribution in [0.4, 0.5) is 5.69 Å². The summed E-state index contributed by atoms with van der Waals surface area (Å²) in [6, 6.07) is 8.19. The third-order valence-electron chi connectivity index (χ3n) is 2.35. The van der Waals surface area contributed by atoms with Gasteiger partial charge in [0.05, 0.1) is 6.20 Å². The largest absolute Gasteiger partial charge is 0.338 e. The fourth-order valence-electron chi connectivity index (χ4n) is 1.76. The number of para-hydroxylation sites is 1. The van der Waals surface area contributed by atoms with E-state index in [9.17, 15) is 4.79 Å². The third kappa shape index (κ3) is 1.49. The Morgan fingerprint density at radius 2 is 2.23 bits per heavy atom. The maximum Gasteiger partial charge on any atom is 0.142 e. The van der Waals surface area contributed by atoms with Crippen molar-refractivity contribution in [1.82, 2.24) is 0 Å². The number of carbonyl (C=O) groups excluding carboxylic acids is 1. The molecule has 0 spiro atoms. The highest BCUT2D eigenvalue weighted by Gasteiger charge is 2.13. The first-order valence-electron chi connectivity index (χ1n) is 4.47. The number of aryl methyl sites for hydroxylation is 1. The average molecular weight is 173 g/mol. The molecule has 2 nitrogen and oxygen atoms in total. The predicted molar refractivity (Wildman–Crippen MR) is 52.4 cm³/mol. The molecule has 0 saturated carbocycles. The van der Waals surface area contributed by atoms with Crippen molar-refractivity contribution in [2.24, 2.45) is 0 Å². The Hall–Kier alpha value is -1.53. The molecule has 66 valence electrons. The number of hydrogen-bond acceptors (Lipinski definition) is 2. The average Bonchev–Trinajstić information content (AvgIpc) is 2.19. The van der Waals surface area contributed by atoms with Gasteiger partial charge in [0.2, 0.25) is 0 Å². The minimum atomic E-state index is 0.923. The second-order valence-electron chi connectivity index (χ2n) is 3.17. The lowest BCUT2D eigenvalue weighted by Gasteiger charge is -2.26. The molecular weight excluding hydrogens is 162 g/mol. The van der Waals surface area contributed by atoms with Crippen molar-refractivity contribution in [2.45, 2.75) is 12.8 Å². The highest BCUT2D eigenvalue weighted by Crippen LogP contribution is 2.26. The summed E-state index contributed by atoms with van der Waals surface area (Å²) in [6.45, 7) is 0.923. The topological polar surface area (TPSA) is 20.3 Å². The fourth-order valence-corrected chi connectivity index (χ4v) is 1.76. The first kappa shape index (κ1) is 8.09. The van der Waals surface area contributed by atoms with Crippen molar-refractivity contribution in [2.75, 3.05) is 11.4 Å². The molecule has 0 unspecified atom stereocenters. The molecule has 0 N–H and O–H groups in total. The van der Waals surface area contributed by atoms with Crippen LogP contribution < -0.4 is 4.90 Å². The molecule has 0 fully saturated rings. The molecular formula is C11H11NO. The van der Waals surface area contributed by atoms with Crippen LogP contribution >= 0.6 is 0 Å². The highest BCUT2D eigenvalue weighted by molar-refractivity contribution is 5.62. The van der Waals surface area contributed by atoms with Gasteiger partial charge in [-0.3, -0.25) is 0 Å². The molecule has 0 aromatic heterocycles. The van der Waals surface area contributed by atoms with E-state index in [1.807, 2.05) is 29.0 Å². The van der Waals surface area contributed by atoms with Gasteiger partial charge in [-0.25, -0.2) is 4.79 Å². The summed E-state index contributed by atoms with van der Waals surface area (Å²) in [7, 11) is 0. The van der Waals surface area contributed by atoms with E-state index in [-0.39, 0.29) is 0 Å². The minimum absolute atomic E-state index is 0.923. The first-order valence-corrected chi connectivity index (χ1v) is 4.47. The molecule has 0 aliphatic carbocycles. The normalized spacial score (nSPS) is 14.6. The summed E-state index contributed by atoms with van der Waals surface area (Å²) < 4.78 is 0. The smallest absolute Gasteiger partial charge is 0.142 e. The summed E-state index contributed by atoms with van der Waals surface area (Å²) in [5.74, 6) is 1.83. The molecule has 1 aromatic carbocycles. The zero-order valence-electron chi connectivity index (χ0n) is 7.36. The molecule has 0 saturated heterocycles. The van der Waals surface area contributed by atoms with Gasteiger partial charge < -0.3 is 4.90 Å². The monoisotopic (exact) mass is 173 g/mol. The van der Waals surface area contributed by atoms with E-state index in [1.54, 1.807) is 0 Å². The lowest BCUT2D eigenvalue weighted by Crippen LogP contribution is -2.23. The number of fused-ring (bicyclic) bond motifs is 1. The Balaban J connectivity index is 2.42. The lowest BCUT2D eigenvalue weighted by molar-refractivity contribution is 0.567. The molecule has 0 amide bonds. The fraction of sp³-hybridized carbons (Fsp3) is 0.273. The predicted octanol–water partition coefficient (Wildman–Crippen LogP) is 1.78. The van der Waals surface area contributed by atoms with Crippen molar-refractivity contribution in [1.29, 1.82) is 0 Å². The van der Waals surface area contributed by atoms with Gasteiger partial charge in [0, 0.05) is 12.2 Å². The van der Waals surface area contributed by atoms with Gasteiger partial charge in [-0.2, -0.15) is 0 Å². The Kier molecular flexibility index (Phi) is 2.15. The zero-order chi connectivity index (χ0) is 9.10. The molecule has 2 rings (SSSR count). The molecule has 0 bridgehead atoms. The molecule has 0 atom stereocenters.